The van der Waals surface area contributed by atoms with Gasteiger partial charge in [-0.2, -0.15) is 5.10 Å². The Labute approximate surface area is 205 Å². The quantitative estimate of drug-likeness (QED) is 0.509. The van der Waals surface area contributed by atoms with Crippen LogP contribution in [0.4, 0.5) is 0 Å². The molecular formula is C26H31N5O4. The fraction of sp³-hybridized carbons (Fsp3) is 0.385. The SMILES string of the molecule is COc1ccccc1OCC(=O)N1CCc2c(c(C(=O)NCc3cccnc3)nn2CC(C)C)C1. The molecule has 1 aliphatic rings. The highest BCUT2D eigenvalue weighted by Crippen LogP contribution is 2.27. The third-order valence-electron chi connectivity index (χ3n) is 5.84. The smallest absolute Gasteiger partial charge is 0.272 e. The number of nitrogens with one attached hydrogen (secondary N) is 1. The van der Waals surface area contributed by atoms with Gasteiger partial charge in [0.05, 0.1) is 7.11 Å². The molecule has 1 aromatic carbocycles. The van der Waals surface area contributed by atoms with E-state index in [9.17, 15) is 9.59 Å². The lowest BCUT2D eigenvalue weighted by Crippen LogP contribution is -2.39. The summed E-state index contributed by atoms with van der Waals surface area (Å²) in [6.45, 7) is 6.04. The molecule has 0 radical (unpaired) electrons. The topological polar surface area (TPSA) is 98.6 Å². The van der Waals surface area contributed by atoms with Crippen molar-refractivity contribution >= 4 is 11.8 Å². The van der Waals surface area contributed by atoms with Crippen LogP contribution in [0.1, 0.15) is 41.2 Å². The molecule has 4 rings (SSSR count). The predicted molar refractivity (Wildman–Crippen MR) is 130 cm³/mol. The number of rotatable bonds is 9. The third kappa shape index (κ3) is 5.79. The average molecular weight is 478 g/mol. The normalized spacial score (nSPS) is 12.9. The molecule has 0 unspecified atom stereocenters. The molecule has 0 bridgehead atoms. The standard InChI is InChI=1S/C26H31N5O4/c1-18(2)15-31-21-10-12-30(24(32)17-35-23-9-5-4-8-22(23)34-3)16-20(21)25(29-31)26(33)28-14-19-7-6-11-27-13-19/h4-9,11,13,18H,10,12,14-17H2,1-3H3,(H,28,33). The molecule has 2 amide bonds. The van der Waals surface area contributed by atoms with Crippen LogP contribution in [-0.2, 0) is 30.8 Å². The predicted octanol–water partition coefficient (Wildman–Crippen LogP) is 2.84. The van der Waals surface area contributed by atoms with Gasteiger partial charge in [0.15, 0.2) is 23.8 Å². The van der Waals surface area contributed by atoms with Crippen molar-refractivity contribution < 1.29 is 19.1 Å². The molecule has 0 fully saturated rings. The Morgan fingerprint density at radius 1 is 1.14 bits per heavy atom. The van der Waals surface area contributed by atoms with Gasteiger partial charge in [0.25, 0.3) is 11.8 Å². The number of hydrogen-bond donors (Lipinski definition) is 1. The average Bonchev–Trinajstić information content (AvgIpc) is 3.23. The first-order chi connectivity index (χ1) is 17.0. The molecule has 3 heterocycles. The van der Waals surface area contributed by atoms with Gasteiger partial charge < -0.3 is 19.7 Å². The number of ether oxygens (including phenoxy) is 2. The summed E-state index contributed by atoms with van der Waals surface area (Å²) in [7, 11) is 1.56. The number of para-hydroxylation sites is 2. The molecule has 9 heteroatoms. The molecule has 1 aliphatic heterocycles. The Balaban J connectivity index is 1.48. The summed E-state index contributed by atoms with van der Waals surface area (Å²) in [6.07, 6.45) is 4.04. The minimum absolute atomic E-state index is 0.113. The van der Waals surface area contributed by atoms with E-state index < -0.39 is 0 Å². The van der Waals surface area contributed by atoms with Crippen LogP contribution in [-0.4, -0.2) is 51.7 Å². The lowest BCUT2D eigenvalue weighted by atomic mass is 10.0. The molecule has 1 N–H and O–H groups in total. The van der Waals surface area contributed by atoms with Crippen LogP contribution in [0.5, 0.6) is 11.5 Å². The molecule has 3 aromatic rings. The van der Waals surface area contributed by atoms with Crippen LogP contribution in [0.2, 0.25) is 0 Å². The van der Waals surface area contributed by atoms with Crippen molar-refractivity contribution in [2.24, 2.45) is 5.92 Å². The second kappa shape index (κ2) is 11.0. The molecule has 35 heavy (non-hydrogen) atoms. The van der Waals surface area contributed by atoms with Crippen molar-refractivity contribution in [3.63, 3.8) is 0 Å². The first-order valence-corrected chi connectivity index (χ1v) is 11.8. The van der Waals surface area contributed by atoms with Crippen molar-refractivity contribution in [2.75, 3.05) is 20.3 Å². The second-order valence-corrected chi connectivity index (χ2v) is 8.90. The second-order valence-electron chi connectivity index (χ2n) is 8.90. The maximum Gasteiger partial charge on any atom is 0.272 e. The zero-order valence-corrected chi connectivity index (χ0v) is 20.4. The van der Waals surface area contributed by atoms with Crippen molar-refractivity contribution in [1.29, 1.82) is 0 Å². The lowest BCUT2D eigenvalue weighted by molar-refractivity contribution is -0.134. The molecule has 0 saturated carbocycles. The van der Waals surface area contributed by atoms with Crippen LogP contribution in [0.3, 0.4) is 0 Å². The molecule has 0 spiro atoms. The minimum Gasteiger partial charge on any atom is -0.493 e. The van der Waals surface area contributed by atoms with Gasteiger partial charge in [0.1, 0.15) is 0 Å². The summed E-state index contributed by atoms with van der Waals surface area (Å²) in [5.41, 5.74) is 3.08. The van der Waals surface area contributed by atoms with Crippen LogP contribution in [0.15, 0.2) is 48.8 Å². The molecule has 0 saturated heterocycles. The van der Waals surface area contributed by atoms with Gasteiger partial charge in [0, 0.05) is 56.3 Å². The van der Waals surface area contributed by atoms with E-state index in [0.29, 0.717) is 55.7 Å². The number of amides is 2. The van der Waals surface area contributed by atoms with Crippen molar-refractivity contribution in [3.05, 3.63) is 71.3 Å². The van der Waals surface area contributed by atoms with Gasteiger partial charge >= 0.3 is 0 Å². The van der Waals surface area contributed by atoms with Gasteiger partial charge in [-0.15, -0.1) is 0 Å². The zero-order valence-electron chi connectivity index (χ0n) is 20.4. The Morgan fingerprint density at radius 2 is 1.94 bits per heavy atom. The molecule has 0 aliphatic carbocycles. The number of hydrogen-bond acceptors (Lipinski definition) is 6. The number of fused-ring (bicyclic) bond motifs is 1. The maximum absolute atomic E-state index is 13.1. The molecular weight excluding hydrogens is 446 g/mol. The third-order valence-corrected chi connectivity index (χ3v) is 5.84. The Morgan fingerprint density at radius 3 is 2.66 bits per heavy atom. The highest BCUT2D eigenvalue weighted by molar-refractivity contribution is 5.94. The van der Waals surface area contributed by atoms with E-state index in [1.165, 1.54) is 0 Å². The van der Waals surface area contributed by atoms with Gasteiger partial charge in [-0.3, -0.25) is 19.3 Å². The molecule has 9 nitrogen and oxygen atoms in total. The number of aromatic nitrogens is 3. The summed E-state index contributed by atoms with van der Waals surface area (Å²) >= 11 is 0. The first kappa shape index (κ1) is 24.3. The van der Waals surface area contributed by atoms with E-state index in [2.05, 4.69) is 29.2 Å². The molecule has 0 atom stereocenters. The lowest BCUT2D eigenvalue weighted by Gasteiger charge is -2.28. The largest absolute Gasteiger partial charge is 0.493 e. The highest BCUT2D eigenvalue weighted by atomic mass is 16.5. The minimum atomic E-state index is -0.257. The molecule has 2 aromatic heterocycles. The van der Waals surface area contributed by atoms with Gasteiger partial charge in [0.2, 0.25) is 0 Å². The number of benzene rings is 1. The van der Waals surface area contributed by atoms with Gasteiger partial charge in [-0.1, -0.05) is 32.0 Å². The monoisotopic (exact) mass is 477 g/mol. The Bertz CT molecular complexity index is 1180. The summed E-state index contributed by atoms with van der Waals surface area (Å²) in [4.78, 5) is 31.9. The van der Waals surface area contributed by atoms with E-state index in [-0.39, 0.29) is 18.4 Å². The fourth-order valence-electron chi connectivity index (χ4n) is 4.12. The number of carbonyl (C=O) groups excluding carboxylic acids is 2. The van der Waals surface area contributed by atoms with E-state index in [4.69, 9.17) is 9.47 Å². The molecule has 184 valence electrons. The van der Waals surface area contributed by atoms with E-state index in [0.717, 1.165) is 16.8 Å². The van der Waals surface area contributed by atoms with Crippen LogP contribution >= 0.6 is 0 Å². The fourth-order valence-corrected chi connectivity index (χ4v) is 4.12. The van der Waals surface area contributed by atoms with Crippen molar-refractivity contribution in [2.45, 2.75) is 39.9 Å². The van der Waals surface area contributed by atoms with E-state index in [1.54, 1.807) is 36.5 Å². The first-order valence-electron chi connectivity index (χ1n) is 11.8. The number of pyridine rings is 1. The Hall–Kier alpha value is -3.88. The van der Waals surface area contributed by atoms with E-state index >= 15 is 0 Å². The van der Waals surface area contributed by atoms with Crippen molar-refractivity contribution in [3.8, 4) is 11.5 Å². The van der Waals surface area contributed by atoms with Crippen molar-refractivity contribution in [1.82, 2.24) is 25.0 Å². The Kier molecular flexibility index (Phi) is 7.64. The number of methoxy groups -OCH3 is 1. The summed E-state index contributed by atoms with van der Waals surface area (Å²) < 4.78 is 12.9. The van der Waals surface area contributed by atoms with Gasteiger partial charge in [-0.05, 0) is 29.7 Å². The maximum atomic E-state index is 13.1. The number of carbonyl (C=O) groups is 2. The van der Waals surface area contributed by atoms with E-state index in [1.807, 2.05) is 28.9 Å². The summed E-state index contributed by atoms with van der Waals surface area (Å²) in [5.74, 6) is 1.05. The van der Waals surface area contributed by atoms with Crippen LogP contribution in [0.25, 0.3) is 0 Å². The summed E-state index contributed by atoms with van der Waals surface area (Å²) in [5, 5.41) is 7.60. The van der Waals surface area contributed by atoms with Gasteiger partial charge in [-0.25, -0.2) is 0 Å². The zero-order chi connectivity index (χ0) is 24.8. The number of nitrogens with zero attached hydrogens (tertiary/aromatic N) is 4. The van der Waals surface area contributed by atoms with Crippen LogP contribution in [0, 0.1) is 5.92 Å². The van der Waals surface area contributed by atoms with Crippen LogP contribution < -0.4 is 14.8 Å². The highest BCUT2D eigenvalue weighted by Gasteiger charge is 2.30. The summed E-state index contributed by atoms with van der Waals surface area (Å²) in [6, 6.07) is 11.0.